The normalized spacial score (nSPS) is 16.7. The Hall–Kier alpha value is -2.28. The van der Waals surface area contributed by atoms with E-state index in [1.54, 1.807) is 19.1 Å². The van der Waals surface area contributed by atoms with Crippen LogP contribution in [0.4, 0.5) is 4.39 Å². The van der Waals surface area contributed by atoms with E-state index in [2.05, 4.69) is 46.1 Å². The number of halogens is 2. The fraction of sp³-hybridized carbons (Fsp3) is 0.182. The summed E-state index contributed by atoms with van der Waals surface area (Å²) in [5.41, 5.74) is 4.34. The molecule has 0 aliphatic carbocycles. The molecule has 1 aliphatic heterocycles. The second-order valence-corrected chi connectivity index (χ2v) is 7.09. The number of amides is 1. The quantitative estimate of drug-likeness (QED) is 0.282. The SMILES string of the molecule is C/C(=C\C1=CC(Cc2ccccc2)N=C1c1ccc(F)cc1)C(=O)NCI. The highest BCUT2D eigenvalue weighted by Gasteiger charge is 2.20. The van der Waals surface area contributed by atoms with Crippen LogP contribution in [0.25, 0.3) is 0 Å². The third-order valence-electron chi connectivity index (χ3n) is 4.30. The zero-order valence-electron chi connectivity index (χ0n) is 15.0. The molecule has 2 aromatic carbocycles. The lowest BCUT2D eigenvalue weighted by atomic mass is 10.00. The van der Waals surface area contributed by atoms with Crippen molar-refractivity contribution in [2.75, 3.05) is 4.55 Å². The highest BCUT2D eigenvalue weighted by Crippen LogP contribution is 2.24. The van der Waals surface area contributed by atoms with Gasteiger partial charge in [0.05, 0.1) is 16.3 Å². The number of alkyl halides is 1. The summed E-state index contributed by atoms with van der Waals surface area (Å²) in [4.78, 5) is 16.9. The van der Waals surface area contributed by atoms with E-state index >= 15 is 0 Å². The van der Waals surface area contributed by atoms with Gasteiger partial charge in [-0.25, -0.2) is 4.39 Å². The first-order chi connectivity index (χ1) is 13.1. The van der Waals surface area contributed by atoms with Crippen molar-refractivity contribution in [1.29, 1.82) is 0 Å². The van der Waals surface area contributed by atoms with E-state index in [9.17, 15) is 9.18 Å². The van der Waals surface area contributed by atoms with E-state index in [1.165, 1.54) is 17.7 Å². The third-order valence-corrected chi connectivity index (χ3v) is 4.68. The molecular weight excluding hydrogens is 454 g/mol. The number of carbonyl (C=O) groups excluding carboxylic acids is 1. The van der Waals surface area contributed by atoms with E-state index in [1.807, 2.05) is 24.3 Å². The molecule has 27 heavy (non-hydrogen) atoms. The van der Waals surface area contributed by atoms with Crippen molar-refractivity contribution in [1.82, 2.24) is 5.32 Å². The molecule has 1 amide bonds. The first kappa shape index (κ1) is 19.5. The van der Waals surface area contributed by atoms with Crippen LogP contribution in [0.15, 0.2) is 82.9 Å². The Balaban J connectivity index is 1.92. The van der Waals surface area contributed by atoms with Gasteiger partial charge in [0.1, 0.15) is 5.82 Å². The van der Waals surface area contributed by atoms with E-state index in [-0.39, 0.29) is 17.8 Å². The van der Waals surface area contributed by atoms with Crippen molar-refractivity contribution in [2.45, 2.75) is 19.4 Å². The number of rotatable bonds is 6. The molecule has 1 atom stereocenters. The third kappa shape index (κ3) is 5.13. The van der Waals surface area contributed by atoms with Crippen LogP contribution in [0.1, 0.15) is 18.1 Å². The first-order valence-corrected chi connectivity index (χ1v) is 10.2. The molecule has 0 spiro atoms. The number of carbonyl (C=O) groups is 1. The van der Waals surface area contributed by atoms with Crippen LogP contribution >= 0.6 is 22.6 Å². The van der Waals surface area contributed by atoms with Crippen molar-refractivity contribution < 1.29 is 9.18 Å². The first-order valence-electron chi connectivity index (χ1n) is 8.69. The highest BCUT2D eigenvalue weighted by atomic mass is 127. The fourth-order valence-corrected chi connectivity index (χ4v) is 3.33. The average molecular weight is 474 g/mol. The molecule has 1 N–H and O–H groups in total. The molecule has 1 unspecified atom stereocenters. The fourth-order valence-electron chi connectivity index (χ4n) is 2.99. The van der Waals surface area contributed by atoms with Gasteiger partial charge in [0.25, 0.3) is 0 Å². The number of nitrogens with zero attached hydrogens (tertiary/aromatic N) is 1. The van der Waals surface area contributed by atoms with Gasteiger partial charge >= 0.3 is 0 Å². The second kappa shape index (κ2) is 9.08. The van der Waals surface area contributed by atoms with Crippen LogP contribution in [0.5, 0.6) is 0 Å². The summed E-state index contributed by atoms with van der Waals surface area (Å²) in [5.74, 6) is -0.382. The maximum absolute atomic E-state index is 13.3. The lowest BCUT2D eigenvalue weighted by Crippen LogP contribution is -2.22. The number of nitrogens with one attached hydrogen (secondary N) is 1. The number of benzene rings is 2. The van der Waals surface area contributed by atoms with Gasteiger partial charge in [-0.2, -0.15) is 0 Å². The largest absolute Gasteiger partial charge is 0.343 e. The summed E-state index contributed by atoms with van der Waals surface area (Å²) >= 11 is 2.10. The molecule has 0 radical (unpaired) electrons. The Kier molecular flexibility index (Phi) is 6.55. The minimum atomic E-state index is -0.281. The molecule has 0 bridgehead atoms. The van der Waals surface area contributed by atoms with Crippen LogP contribution < -0.4 is 5.32 Å². The van der Waals surface area contributed by atoms with E-state index in [0.717, 1.165) is 23.3 Å². The molecule has 138 valence electrons. The summed E-state index contributed by atoms with van der Waals surface area (Å²) in [6.45, 7) is 1.79. The van der Waals surface area contributed by atoms with Gasteiger partial charge in [0.15, 0.2) is 0 Å². The highest BCUT2D eigenvalue weighted by molar-refractivity contribution is 14.1. The summed E-state index contributed by atoms with van der Waals surface area (Å²) in [7, 11) is 0. The molecule has 5 heteroatoms. The van der Waals surface area contributed by atoms with Crippen molar-refractivity contribution in [3.63, 3.8) is 0 Å². The van der Waals surface area contributed by atoms with Gasteiger partial charge in [-0.3, -0.25) is 9.79 Å². The van der Waals surface area contributed by atoms with Crippen molar-refractivity contribution >= 4 is 34.2 Å². The molecule has 1 heterocycles. The summed E-state index contributed by atoms with van der Waals surface area (Å²) in [5, 5.41) is 2.80. The molecular formula is C22H20FIN2O. The summed E-state index contributed by atoms with van der Waals surface area (Å²) < 4.78 is 13.9. The second-order valence-electron chi connectivity index (χ2n) is 6.33. The van der Waals surface area contributed by atoms with Crippen LogP contribution in [-0.4, -0.2) is 22.2 Å². The number of allylic oxidation sites excluding steroid dienone is 2. The molecule has 0 aromatic heterocycles. The number of aliphatic imine (C=N–C) groups is 1. The maximum Gasteiger partial charge on any atom is 0.247 e. The molecule has 3 rings (SSSR count). The van der Waals surface area contributed by atoms with Gasteiger partial charge in [0, 0.05) is 11.1 Å². The van der Waals surface area contributed by atoms with Gasteiger partial charge in [0.2, 0.25) is 5.91 Å². The molecule has 3 nitrogen and oxygen atoms in total. The minimum Gasteiger partial charge on any atom is -0.343 e. The van der Waals surface area contributed by atoms with Gasteiger partial charge in [-0.05, 0) is 54.8 Å². The Morgan fingerprint density at radius 2 is 1.89 bits per heavy atom. The zero-order valence-corrected chi connectivity index (χ0v) is 17.1. The lowest BCUT2D eigenvalue weighted by Gasteiger charge is -2.06. The number of hydrogen-bond donors (Lipinski definition) is 1. The van der Waals surface area contributed by atoms with E-state index in [0.29, 0.717) is 10.1 Å². The molecule has 1 aliphatic rings. The van der Waals surface area contributed by atoms with Crippen LogP contribution in [0.3, 0.4) is 0 Å². The minimum absolute atomic E-state index is 0.0147. The van der Waals surface area contributed by atoms with Crippen molar-refractivity contribution in [2.24, 2.45) is 4.99 Å². The molecule has 0 saturated heterocycles. The molecule has 2 aromatic rings. The maximum atomic E-state index is 13.3. The topological polar surface area (TPSA) is 41.5 Å². The van der Waals surface area contributed by atoms with E-state index in [4.69, 9.17) is 4.99 Å². The standard InChI is InChI=1S/C22H20FIN2O/c1-15(22(27)25-14-24)11-18-13-20(12-16-5-3-2-4-6-16)26-21(18)17-7-9-19(23)10-8-17/h2-11,13,20H,12,14H2,1H3,(H,25,27)/b15-11+. The van der Waals surface area contributed by atoms with Crippen LogP contribution in [0.2, 0.25) is 0 Å². The predicted molar refractivity (Wildman–Crippen MR) is 116 cm³/mol. The predicted octanol–water partition coefficient (Wildman–Crippen LogP) is 4.62. The lowest BCUT2D eigenvalue weighted by molar-refractivity contribution is -0.117. The van der Waals surface area contributed by atoms with Crippen LogP contribution in [-0.2, 0) is 11.2 Å². The molecule has 0 fully saturated rings. The number of hydrogen-bond acceptors (Lipinski definition) is 2. The van der Waals surface area contributed by atoms with Gasteiger partial charge in [-0.1, -0.05) is 59.0 Å². The Bertz CT molecular complexity index is 902. The zero-order chi connectivity index (χ0) is 19.2. The average Bonchev–Trinajstić information content (AvgIpc) is 3.05. The Morgan fingerprint density at radius 1 is 1.19 bits per heavy atom. The van der Waals surface area contributed by atoms with E-state index < -0.39 is 0 Å². The van der Waals surface area contributed by atoms with Crippen LogP contribution in [0, 0.1) is 5.82 Å². The smallest absolute Gasteiger partial charge is 0.247 e. The molecule has 0 saturated carbocycles. The summed E-state index contributed by atoms with van der Waals surface area (Å²) in [6, 6.07) is 16.5. The summed E-state index contributed by atoms with van der Waals surface area (Å²) in [6.07, 6.45) is 4.71. The van der Waals surface area contributed by atoms with Gasteiger partial charge < -0.3 is 5.32 Å². The Labute approximate surface area is 172 Å². The van der Waals surface area contributed by atoms with Crippen molar-refractivity contribution in [3.05, 3.63) is 94.8 Å². The Morgan fingerprint density at radius 3 is 2.56 bits per heavy atom. The van der Waals surface area contributed by atoms with Gasteiger partial charge in [-0.15, -0.1) is 0 Å². The monoisotopic (exact) mass is 474 g/mol. The van der Waals surface area contributed by atoms with Crippen molar-refractivity contribution in [3.8, 4) is 0 Å².